The molecule has 0 aromatic carbocycles. The number of sulfonamides is 1. The Kier molecular flexibility index (Phi) is 7.12. The smallest absolute Gasteiger partial charge is 0.209 e. The lowest BCUT2D eigenvalue weighted by Crippen LogP contribution is -2.47. The number of aliphatic imine (C=N–C) groups is 1. The maximum absolute atomic E-state index is 11.4. The lowest BCUT2D eigenvalue weighted by atomic mass is 10.1. The van der Waals surface area contributed by atoms with Gasteiger partial charge in [0, 0.05) is 38.1 Å². The van der Waals surface area contributed by atoms with Crippen LogP contribution in [0.15, 0.2) is 17.3 Å². The van der Waals surface area contributed by atoms with Crippen molar-refractivity contribution in [1.29, 1.82) is 0 Å². The van der Waals surface area contributed by atoms with Gasteiger partial charge in [0.25, 0.3) is 0 Å². The zero-order valence-electron chi connectivity index (χ0n) is 15.2. The SMILES string of the molecule is CCNC(=NCC(C)(C)NS(C)(=O)=O)N(C)Cc1cc(Cl)cn1C. The summed E-state index contributed by atoms with van der Waals surface area (Å²) in [4.78, 5) is 6.54. The number of halogens is 1. The summed E-state index contributed by atoms with van der Waals surface area (Å²) in [6, 6.07) is 1.91. The molecule has 9 heteroatoms. The van der Waals surface area contributed by atoms with Gasteiger partial charge in [-0.15, -0.1) is 0 Å². The first-order valence-electron chi connectivity index (χ1n) is 7.72. The molecule has 2 N–H and O–H groups in total. The number of aryl methyl sites for hydroxylation is 1. The van der Waals surface area contributed by atoms with E-state index in [1.807, 2.05) is 42.7 Å². The largest absolute Gasteiger partial charge is 0.357 e. The molecule has 1 rings (SSSR count). The Balaban J connectivity index is 2.86. The summed E-state index contributed by atoms with van der Waals surface area (Å²) in [5.74, 6) is 0.707. The van der Waals surface area contributed by atoms with Gasteiger partial charge < -0.3 is 14.8 Å². The Hall–Kier alpha value is -1.25. The Morgan fingerprint density at radius 1 is 1.46 bits per heavy atom. The highest BCUT2D eigenvalue weighted by atomic mass is 35.5. The van der Waals surface area contributed by atoms with Crippen LogP contribution in [0.3, 0.4) is 0 Å². The molecule has 24 heavy (non-hydrogen) atoms. The maximum Gasteiger partial charge on any atom is 0.209 e. The van der Waals surface area contributed by atoms with Crippen LogP contribution in [-0.4, -0.2) is 55.8 Å². The van der Waals surface area contributed by atoms with Crippen LogP contribution in [0.1, 0.15) is 26.5 Å². The molecule has 138 valence electrons. The van der Waals surface area contributed by atoms with E-state index in [0.717, 1.165) is 18.5 Å². The molecule has 0 saturated carbocycles. The Labute approximate surface area is 150 Å². The van der Waals surface area contributed by atoms with E-state index in [0.29, 0.717) is 24.1 Å². The van der Waals surface area contributed by atoms with Crippen molar-refractivity contribution in [1.82, 2.24) is 19.5 Å². The number of rotatable bonds is 7. The minimum absolute atomic E-state index is 0.320. The average molecular weight is 378 g/mol. The first-order valence-corrected chi connectivity index (χ1v) is 9.99. The molecule has 0 aliphatic rings. The number of nitrogens with zero attached hydrogens (tertiary/aromatic N) is 3. The molecule has 7 nitrogen and oxygen atoms in total. The van der Waals surface area contributed by atoms with Crippen LogP contribution < -0.4 is 10.0 Å². The van der Waals surface area contributed by atoms with Crippen molar-refractivity contribution in [2.45, 2.75) is 32.9 Å². The van der Waals surface area contributed by atoms with Crippen LogP contribution in [0.25, 0.3) is 0 Å². The highest BCUT2D eigenvalue weighted by Crippen LogP contribution is 2.14. The van der Waals surface area contributed by atoms with Crippen LogP contribution in [0.4, 0.5) is 0 Å². The van der Waals surface area contributed by atoms with Gasteiger partial charge in [0.1, 0.15) is 0 Å². The first kappa shape index (κ1) is 20.8. The van der Waals surface area contributed by atoms with Gasteiger partial charge in [-0.05, 0) is 26.8 Å². The quantitative estimate of drug-likeness (QED) is 0.556. The lowest BCUT2D eigenvalue weighted by molar-refractivity contribution is 0.440. The maximum atomic E-state index is 11.4. The van der Waals surface area contributed by atoms with Crippen molar-refractivity contribution in [3.05, 3.63) is 23.0 Å². The van der Waals surface area contributed by atoms with Gasteiger partial charge in [-0.25, -0.2) is 13.1 Å². The fourth-order valence-corrected chi connectivity index (χ4v) is 3.66. The Morgan fingerprint density at radius 2 is 2.08 bits per heavy atom. The molecule has 1 aromatic heterocycles. The molecule has 0 bridgehead atoms. The van der Waals surface area contributed by atoms with Gasteiger partial charge in [0.2, 0.25) is 10.0 Å². The Morgan fingerprint density at radius 3 is 2.54 bits per heavy atom. The van der Waals surface area contributed by atoms with Gasteiger partial charge in [0.15, 0.2) is 5.96 Å². The summed E-state index contributed by atoms with van der Waals surface area (Å²) >= 11 is 6.02. The topological polar surface area (TPSA) is 78.7 Å². The van der Waals surface area contributed by atoms with Gasteiger partial charge in [-0.3, -0.25) is 4.99 Å². The molecule has 0 atom stereocenters. The second-order valence-electron chi connectivity index (χ2n) is 6.54. The van der Waals surface area contributed by atoms with E-state index in [-0.39, 0.29) is 0 Å². The molecule has 0 spiro atoms. The predicted octanol–water partition coefficient (Wildman–Crippen LogP) is 1.40. The third-order valence-corrected chi connectivity index (χ3v) is 4.39. The third-order valence-electron chi connectivity index (χ3n) is 3.26. The molecule has 0 saturated heterocycles. The van der Waals surface area contributed by atoms with Crippen molar-refractivity contribution in [2.75, 3.05) is 26.4 Å². The highest BCUT2D eigenvalue weighted by Gasteiger charge is 2.22. The van der Waals surface area contributed by atoms with Gasteiger partial charge in [-0.1, -0.05) is 11.6 Å². The average Bonchev–Trinajstić information content (AvgIpc) is 2.69. The van der Waals surface area contributed by atoms with Crippen LogP contribution in [0.5, 0.6) is 0 Å². The molecule has 0 aliphatic heterocycles. The molecule has 1 heterocycles. The van der Waals surface area contributed by atoms with E-state index in [1.165, 1.54) is 0 Å². The second-order valence-corrected chi connectivity index (χ2v) is 8.73. The number of guanidine groups is 1. The van der Waals surface area contributed by atoms with E-state index >= 15 is 0 Å². The van der Waals surface area contributed by atoms with Crippen LogP contribution in [0, 0.1) is 0 Å². The van der Waals surface area contributed by atoms with E-state index < -0.39 is 15.6 Å². The summed E-state index contributed by atoms with van der Waals surface area (Å²) in [6.07, 6.45) is 3.00. The van der Waals surface area contributed by atoms with Crippen molar-refractivity contribution in [3.8, 4) is 0 Å². The van der Waals surface area contributed by atoms with Crippen molar-refractivity contribution < 1.29 is 8.42 Å². The molecule has 0 fully saturated rings. The van der Waals surface area contributed by atoms with Crippen LogP contribution in [-0.2, 0) is 23.6 Å². The third kappa shape index (κ3) is 7.11. The molecule has 0 radical (unpaired) electrons. The fraction of sp³-hybridized carbons (Fsp3) is 0.667. The molecular formula is C15H28ClN5O2S. The summed E-state index contributed by atoms with van der Waals surface area (Å²) in [7, 11) is 0.588. The normalized spacial score (nSPS) is 13.2. The summed E-state index contributed by atoms with van der Waals surface area (Å²) in [5.41, 5.74) is 0.394. The second kappa shape index (κ2) is 8.22. The monoisotopic (exact) mass is 377 g/mol. The van der Waals surface area contributed by atoms with Crippen molar-refractivity contribution in [3.63, 3.8) is 0 Å². The standard InChI is InChI=1S/C15H28ClN5O2S/c1-7-17-14(18-11-15(2,3)19-24(6,22)23)21(5)10-13-8-12(16)9-20(13)4/h8-9,19H,7,10-11H2,1-6H3,(H,17,18). The highest BCUT2D eigenvalue weighted by molar-refractivity contribution is 7.88. The number of hydrogen-bond acceptors (Lipinski definition) is 3. The van der Waals surface area contributed by atoms with E-state index in [2.05, 4.69) is 15.0 Å². The van der Waals surface area contributed by atoms with E-state index in [9.17, 15) is 8.42 Å². The summed E-state index contributed by atoms with van der Waals surface area (Å²) < 4.78 is 27.4. The van der Waals surface area contributed by atoms with E-state index in [4.69, 9.17) is 11.6 Å². The zero-order valence-corrected chi connectivity index (χ0v) is 16.8. The van der Waals surface area contributed by atoms with Crippen LogP contribution >= 0.6 is 11.6 Å². The molecule has 0 aliphatic carbocycles. The van der Waals surface area contributed by atoms with E-state index in [1.54, 1.807) is 13.8 Å². The fourth-order valence-electron chi connectivity index (χ4n) is 2.32. The number of nitrogens with one attached hydrogen (secondary N) is 2. The number of aromatic nitrogens is 1. The van der Waals surface area contributed by atoms with Crippen molar-refractivity contribution >= 4 is 27.6 Å². The Bertz CT molecular complexity index is 682. The predicted molar refractivity (Wildman–Crippen MR) is 99.9 cm³/mol. The molecule has 1 aromatic rings. The summed E-state index contributed by atoms with van der Waals surface area (Å²) in [5, 5.41) is 3.92. The zero-order chi connectivity index (χ0) is 18.5. The van der Waals surface area contributed by atoms with Gasteiger partial charge >= 0.3 is 0 Å². The van der Waals surface area contributed by atoms with Gasteiger partial charge in [0.05, 0.1) is 24.4 Å². The minimum atomic E-state index is -3.28. The minimum Gasteiger partial charge on any atom is -0.357 e. The summed E-state index contributed by atoms with van der Waals surface area (Å²) in [6.45, 7) is 7.27. The lowest BCUT2D eigenvalue weighted by Gasteiger charge is -2.26. The van der Waals surface area contributed by atoms with Gasteiger partial charge in [-0.2, -0.15) is 0 Å². The molecule has 0 unspecified atom stereocenters. The van der Waals surface area contributed by atoms with Crippen LogP contribution in [0.2, 0.25) is 5.02 Å². The first-order chi connectivity index (χ1) is 10.9. The number of hydrogen-bond donors (Lipinski definition) is 2. The molecular weight excluding hydrogens is 350 g/mol. The van der Waals surface area contributed by atoms with Crippen molar-refractivity contribution in [2.24, 2.45) is 12.0 Å². The molecule has 0 amide bonds.